The minimum Gasteiger partial charge on any atom is -0.465 e. The molecule has 2 atom stereocenters. The Kier molecular flexibility index (Phi) is 6.74. The van der Waals surface area contributed by atoms with Gasteiger partial charge in [-0.1, -0.05) is 26.0 Å². The molecule has 2 aliphatic rings. The van der Waals surface area contributed by atoms with Gasteiger partial charge in [-0.2, -0.15) is 0 Å². The first-order valence-corrected chi connectivity index (χ1v) is 13.0. The molecule has 2 fully saturated rings. The topological polar surface area (TPSA) is 51.7 Å². The average Bonchev–Trinajstić information content (AvgIpc) is 2.88. The molecule has 0 radical (unpaired) electrons. The number of fused-ring (bicyclic) bond motifs is 2. The average molecular weight is 485 g/mol. The van der Waals surface area contributed by atoms with Gasteiger partial charge in [0.2, 0.25) is 0 Å². The fourth-order valence-corrected chi connectivity index (χ4v) is 6.68. The van der Waals surface area contributed by atoms with Crippen molar-refractivity contribution in [1.29, 1.82) is 0 Å². The van der Waals surface area contributed by atoms with E-state index in [2.05, 4.69) is 43.1 Å². The molecule has 5 rings (SSSR count). The predicted octanol–water partition coefficient (Wildman–Crippen LogP) is 7.53. The summed E-state index contributed by atoms with van der Waals surface area (Å²) in [4.78, 5) is 18.4. The van der Waals surface area contributed by atoms with Crippen molar-refractivity contribution in [1.82, 2.24) is 4.98 Å². The fourth-order valence-electron chi connectivity index (χ4n) is 6.68. The van der Waals surface area contributed by atoms with Crippen LogP contribution < -0.4 is 9.64 Å². The van der Waals surface area contributed by atoms with Crippen LogP contribution in [0.15, 0.2) is 66.9 Å². The zero-order chi connectivity index (χ0) is 25.3. The Morgan fingerprint density at radius 3 is 2.17 bits per heavy atom. The van der Waals surface area contributed by atoms with Gasteiger partial charge in [0.1, 0.15) is 22.9 Å². The molecule has 5 nitrogen and oxygen atoms in total. The maximum absolute atomic E-state index is 12.1. The van der Waals surface area contributed by atoms with E-state index < -0.39 is 5.97 Å². The first kappa shape index (κ1) is 24.4. The van der Waals surface area contributed by atoms with Crippen molar-refractivity contribution in [2.75, 3.05) is 19.1 Å². The van der Waals surface area contributed by atoms with Crippen molar-refractivity contribution >= 4 is 17.5 Å². The Bertz CT molecular complexity index is 1190. The van der Waals surface area contributed by atoms with Crippen molar-refractivity contribution in [2.45, 2.75) is 51.4 Å². The number of pyridine rings is 1. The number of methoxy groups -OCH3 is 1. The van der Waals surface area contributed by atoms with E-state index in [0.29, 0.717) is 11.4 Å². The summed E-state index contributed by atoms with van der Waals surface area (Å²) in [5.41, 5.74) is 3.03. The van der Waals surface area contributed by atoms with Gasteiger partial charge in [0.15, 0.2) is 0 Å². The molecule has 2 aliphatic carbocycles. The minimum absolute atomic E-state index is 0.271. The highest BCUT2D eigenvalue weighted by Gasteiger charge is 2.41. The molecule has 0 aliphatic heterocycles. The van der Waals surface area contributed by atoms with E-state index >= 15 is 0 Å². The molecule has 2 unspecified atom stereocenters. The van der Waals surface area contributed by atoms with Gasteiger partial charge in [0.05, 0.1) is 7.11 Å². The summed E-state index contributed by atoms with van der Waals surface area (Å²) in [5, 5.41) is 0. The number of esters is 1. The van der Waals surface area contributed by atoms with Gasteiger partial charge in [0, 0.05) is 18.9 Å². The predicted molar refractivity (Wildman–Crippen MR) is 143 cm³/mol. The second kappa shape index (κ2) is 9.96. The molecule has 2 saturated carbocycles. The summed E-state index contributed by atoms with van der Waals surface area (Å²) in [5.74, 6) is 4.38. The molecular weight excluding hydrogens is 448 g/mol. The maximum atomic E-state index is 12.1. The van der Waals surface area contributed by atoms with Crippen LogP contribution in [0.4, 0.5) is 11.5 Å². The molecule has 2 aromatic carbocycles. The number of aromatic nitrogens is 1. The summed E-state index contributed by atoms with van der Waals surface area (Å²) in [6.45, 7) is 4.89. The Morgan fingerprint density at radius 1 is 0.944 bits per heavy atom. The SMILES string of the molecule is COC(=O)c1cccnc1N(C)c1ccc(Oc2ccc(C3(C)CC4CC(C)CC(C4)C3)cc2)cc1. The third-order valence-electron chi connectivity index (χ3n) is 8.14. The van der Waals surface area contributed by atoms with Gasteiger partial charge >= 0.3 is 5.97 Å². The van der Waals surface area contributed by atoms with Crippen molar-refractivity contribution in [2.24, 2.45) is 17.8 Å². The largest absolute Gasteiger partial charge is 0.465 e. The summed E-state index contributed by atoms with van der Waals surface area (Å²) in [6, 6.07) is 20.0. The summed E-state index contributed by atoms with van der Waals surface area (Å²) in [7, 11) is 3.25. The molecule has 5 heteroatoms. The zero-order valence-corrected chi connectivity index (χ0v) is 21.7. The lowest BCUT2D eigenvalue weighted by Crippen LogP contribution is -2.38. The van der Waals surface area contributed by atoms with Crippen molar-refractivity contribution in [3.63, 3.8) is 0 Å². The van der Waals surface area contributed by atoms with E-state index in [0.717, 1.165) is 34.9 Å². The van der Waals surface area contributed by atoms with E-state index in [-0.39, 0.29) is 5.41 Å². The second-order valence-electron chi connectivity index (χ2n) is 11.1. The number of hydrogen-bond acceptors (Lipinski definition) is 5. The normalized spacial score (nSPS) is 25.2. The number of carbonyl (C=O) groups excluding carboxylic acids is 1. The Hall–Kier alpha value is -3.34. The molecule has 2 bridgehead atoms. The van der Waals surface area contributed by atoms with Crippen LogP contribution >= 0.6 is 0 Å². The van der Waals surface area contributed by atoms with Gasteiger partial charge in [-0.3, -0.25) is 0 Å². The van der Waals surface area contributed by atoms with E-state index in [1.54, 1.807) is 18.3 Å². The highest BCUT2D eigenvalue weighted by atomic mass is 16.5. The number of hydrogen-bond donors (Lipinski definition) is 0. The third kappa shape index (κ3) is 4.97. The summed E-state index contributed by atoms with van der Waals surface area (Å²) in [6.07, 6.45) is 8.48. The number of carbonyl (C=O) groups is 1. The van der Waals surface area contributed by atoms with Gasteiger partial charge in [0.25, 0.3) is 0 Å². The van der Waals surface area contributed by atoms with Crippen LogP contribution in [0.25, 0.3) is 0 Å². The Morgan fingerprint density at radius 2 is 1.56 bits per heavy atom. The highest BCUT2D eigenvalue weighted by Crippen LogP contribution is 2.51. The van der Waals surface area contributed by atoms with Gasteiger partial charge < -0.3 is 14.4 Å². The zero-order valence-electron chi connectivity index (χ0n) is 21.7. The molecule has 1 heterocycles. The van der Waals surface area contributed by atoms with Crippen LogP contribution in [0, 0.1) is 17.8 Å². The fraction of sp³-hybridized carbons (Fsp3) is 0.419. The highest BCUT2D eigenvalue weighted by molar-refractivity contribution is 5.95. The van der Waals surface area contributed by atoms with Gasteiger partial charge in [-0.05, 0) is 109 Å². The summed E-state index contributed by atoms with van der Waals surface area (Å²) >= 11 is 0. The van der Waals surface area contributed by atoms with E-state index in [9.17, 15) is 4.79 Å². The molecular formula is C31H36N2O3. The lowest BCUT2D eigenvalue weighted by Gasteiger charge is -2.47. The second-order valence-corrected chi connectivity index (χ2v) is 11.1. The number of benzene rings is 2. The number of ether oxygens (including phenoxy) is 2. The molecule has 0 saturated heterocycles. The lowest BCUT2D eigenvalue weighted by atomic mass is 9.58. The molecule has 0 amide bonds. The third-order valence-corrected chi connectivity index (χ3v) is 8.14. The standard InChI is InChI=1S/C31H36N2O3/c1-21-16-22-18-23(17-21)20-31(2,19-22)24-7-11-26(12-8-24)36-27-13-9-25(10-14-27)33(3)29-28(30(34)35-4)6-5-15-32-29/h5-15,21-23H,16-20H2,1-4H3. The monoisotopic (exact) mass is 484 g/mol. The van der Waals surface area contributed by atoms with Gasteiger partial charge in [-0.15, -0.1) is 0 Å². The molecule has 0 spiro atoms. The molecule has 3 aromatic rings. The maximum Gasteiger partial charge on any atom is 0.341 e. The first-order valence-electron chi connectivity index (χ1n) is 13.0. The lowest BCUT2D eigenvalue weighted by molar-refractivity contribution is 0.0601. The molecule has 188 valence electrons. The smallest absolute Gasteiger partial charge is 0.341 e. The van der Waals surface area contributed by atoms with Crippen molar-refractivity contribution in [3.8, 4) is 11.5 Å². The van der Waals surface area contributed by atoms with Gasteiger partial charge in [-0.25, -0.2) is 9.78 Å². The van der Waals surface area contributed by atoms with Crippen LogP contribution in [0.2, 0.25) is 0 Å². The van der Waals surface area contributed by atoms with E-state index in [4.69, 9.17) is 9.47 Å². The first-order chi connectivity index (χ1) is 17.3. The quantitative estimate of drug-likeness (QED) is 0.338. The van der Waals surface area contributed by atoms with Crippen LogP contribution in [0.1, 0.15) is 61.9 Å². The van der Waals surface area contributed by atoms with Crippen LogP contribution in [0.3, 0.4) is 0 Å². The Balaban J connectivity index is 1.26. The number of anilines is 2. The molecule has 1 aromatic heterocycles. The number of rotatable bonds is 6. The van der Waals surface area contributed by atoms with Crippen LogP contribution in [-0.4, -0.2) is 25.1 Å². The van der Waals surface area contributed by atoms with E-state index in [1.807, 2.05) is 36.2 Å². The summed E-state index contributed by atoms with van der Waals surface area (Å²) < 4.78 is 11.1. The van der Waals surface area contributed by atoms with E-state index in [1.165, 1.54) is 44.8 Å². The number of nitrogens with zero attached hydrogens (tertiary/aromatic N) is 2. The molecule has 0 N–H and O–H groups in total. The minimum atomic E-state index is -0.409. The Labute approximate surface area is 214 Å². The van der Waals surface area contributed by atoms with Crippen molar-refractivity contribution < 1.29 is 14.3 Å². The van der Waals surface area contributed by atoms with Crippen LogP contribution in [0.5, 0.6) is 11.5 Å². The molecule has 36 heavy (non-hydrogen) atoms. The van der Waals surface area contributed by atoms with Crippen molar-refractivity contribution in [3.05, 3.63) is 78.0 Å². The van der Waals surface area contributed by atoms with Crippen LogP contribution in [-0.2, 0) is 10.2 Å².